The molecule has 0 saturated carbocycles. The molecule has 1 heterocycles. The van der Waals surface area contributed by atoms with E-state index in [-0.39, 0.29) is 24.3 Å². The summed E-state index contributed by atoms with van der Waals surface area (Å²) in [7, 11) is 1.33. The van der Waals surface area contributed by atoms with Crippen LogP contribution in [0.1, 0.15) is 23.6 Å². The Morgan fingerprint density at radius 2 is 1.47 bits per heavy atom. The lowest BCUT2D eigenvalue weighted by atomic mass is 10.0. The smallest absolute Gasteiger partial charge is 0.307 e. The van der Waals surface area contributed by atoms with Gasteiger partial charge in [0.1, 0.15) is 6.54 Å². The number of amides is 1. The van der Waals surface area contributed by atoms with Gasteiger partial charge in [0.2, 0.25) is 5.91 Å². The Hall–Kier alpha value is -3.93. The van der Waals surface area contributed by atoms with Crippen molar-refractivity contribution in [2.45, 2.75) is 25.9 Å². The van der Waals surface area contributed by atoms with Gasteiger partial charge >= 0.3 is 5.97 Å². The lowest BCUT2D eigenvalue weighted by Gasteiger charge is -2.20. The van der Waals surface area contributed by atoms with E-state index in [4.69, 9.17) is 4.74 Å². The number of ether oxygens (including phenoxy) is 1. The number of nitrogens with one attached hydrogen (secondary N) is 1. The van der Waals surface area contributed by atoms with Crippen molar-refractivity contribution in [2.75, 3.05) is 7.11 Å². The summed E-state index contributed by atoms with van der Waals surface area (Å²) in [5.41, 5.74) is 3.22. The molecule has 0 aliphatic rings. The third-order valence-electron chi connectivity index (χ3n) is 5.59. The Morgan fingerprint density at radius 3 is 2.03 bits per heavy atom. The molecule has 162 valence electrons. The first-order valence-electron chi connectivity index (χ1n) is 10.4. The molecule has 0 unspecified atom stereocenters. The zero-order valence-corrected chi connectivity index (χ0v) is 18.0. The molecule has 1 N–H and O–H groups in total. The number of esters is 1. The summed E-state index contributed by atoms with van der Waals surface area (Å²) >= 11 is 0. The van der Waals surface area contributed by atoms with Crippen LogP contribution >= 0.6 is 0 Å². The van der Waals surface area contributed by atoms with E-state index in [0.717, 1.165) is 11.1 Å². The third-order valence-corrected chi connectivity index (χ3v) is 5.59. The number of rotatable bonds is 6. The Bertz CT molecular complexity index is 1300. The van der Waals surface area contributed by atoms with Crippen molar-refractivity contribution in [1.29, 1.82) is 0 Å². The fourth-order valence-electron chi connectivity index (χ4n) is 3.93. The van der Waals surface area contributed by atoms with Crippen LogP contribution in [0.5, 0.6) is 0 Å². The second kappa shape index (κ2) is 9.06. The Kier molecular flexibility index (Phi) is 6.03. The van der Waals surface area contributed by atoms with Gasteiger partial charge in [-0.2, -0.15) is 0 Å². The van der Waals surface area contributed by atoms with E-state index >= 15 is 0 Å². The maximum absolute atomic E-state index is 13.1. The lowest BCUT2D eigenvalue weighted by molar-refractivity contribution is -0.141. The van der Waals surface area contributed by atoms with Crippen LogP contribution in [0.4, 0.5) is 0 Å². The minimum absolute atomic E-state index is 0.00480. The number of nitrogens with zero attached hydrogens (tertiary/aromatic N) is 1. The summed E-state index contributed by atoms with van der Waals surface area (Å²) in [4.78, 5) is 38.0. The summed E-state index contributed by atoms with van der Waals surface area (Å²) in [5, 5.41) is 4.09. The summed E-state index contributed by atoms with van der Waals surface area (Å²) in [6, 6.07) is 21.7. The number of hydrogen-bond acceptors (Lipinski definition) is 4. The van der Waals surface area contributed by atoms with Gasteiger partial charge in [-0.3, -0.25) is 14.4 Å². The average Bonchev–Trinajstić information content (AvgIpc) is 2.81. The predicted molar refractivity (Wildman–Crippen MR) is 124 cm³/mol. The second-order valence-corrected chi connectivity index (χ2v) is 7.76. The number of carbonyl (C=O) groups excluding carboxylic acids is 2. The van der Waals surface area contributed by atoms with Crippen LogP contribution in [0.25, 0.3) is 21.8 Å². The number of aryl methyl sites for hydroxylation is 1. The molecule has 0 fully saturated rings. The first kappa shape index (κ1) is 21.3. The van der Waals surface area contributed by atoms with Gasteiger partial charge in [-0.25, -0.2) is 0 Å². The molecule has 6 nitrogen and oxygen atoms in total. The van der Waals surface area contributed by atoms with Crippen LogP contribution in [-0.4, -0.2) is 23.6 Å². The molecule has 4 aromatic rings. The van der Waals surface area contributed by atoms with Crippen LogP contribution < -0.4 is 10.7 Å². The van der Waals surface area contributed by atoms with E-state index in [9.17, 15) is 14.4 Å². The maximum atomic E-state index is 13.1. The van der Waals surface area contributed by atoms with Crippen molar-refractivity contribution in [3.8, 4) is 0 Å². The number of para-hydroxylation sites is 2. The number of pyridine rings is 1. The van der Waals surface area contributed by atoms with Crippen LogP contribution in [0.2, 0.25) is 0 Å². The maximum Gasteiger partial charge on any atom is 0.307 e. The van der Waals surface area contributed by atoms with E-state index in [1.807, 2.05) is 72.2 Å². The minimum Gasteiger partial charge on any atom is -0.469 e. The first-order valence-corrected chi connectivity index (χ1v) is 10.4. The minimum atomic E-state index is -0.521. The van der Waals surface area contributed by atoms with Crippen LogP contribution in [0, 0.1) is 6.92 Å². The van der Waals surface area contributed by atoms with Crippen molar-refractivity contribution < 1.29 is 14.3 Å². The van der Waals surface area contributed by atoms with Crippen LogP contribution in [-0.2, 0) is 20.9 Å². The molecular weight excluding hydrogens is 404 g/mol. The molecule has 0 spiro atoms. The molecule has 0 radical (unpaired) electrons. The van der Waals surface area contributed by atoms with E-state index < -0.39 is 12.0 Å². The van der Waals surface area contributed by atoms with Gasteiger partial charge < -0.3 is 14.6 Å². The molecule has 3 aromatic carbocycles. The third kappa shape index (κ3) is 4.25. The predicted octanol–water partition coefficient (Wildman–Crippen LogP) is 3.88. The molecule has 0 saturated heterocycles. The monoisotopic (exact) mass is 428 g/mol. The Morgan fingerprint density at radius 1 is 0.906 bits per heavy atom. The molecule has 0 aliphatic carbocycles. The highest BCUT2D eigenvalue weighted by Gasteiger charge is 2.20. The molecule has 0 aliphatic heterocycles. The van der Waals surface area contributed by atoms with E-state index in [1.54, 1.807) is 12.1 Å². The summed E-state index contributed by atoms with van der Waals surface area (Å²) in [6.07, 6.45) is 0.0248. The molecule has 1 aromatic heterocycles. The zero-order chi connectivity index (χ0) is 22.7. The van der Waals surface area contributed by atoms with Gasteiger partial charge in [0, 0.05) is 10.8 Å². The SMILES string of the molecule is COC(=O)C[C@@H](NC(=O)Cn1c2ccccc2c(=O)c2ccccc21)c1ccc(C)cc1. The number of methoxy groups -OCH3 is 1. The molecule has 1 atom stereocenters. The number of aromatic nitrogens is 1. The highest BCUT2D eigenvalue weighted by molar-refractivity contribution is 5.95. The molecule has 4 rings (SSSR count). The van der Waals surface area contributed by atoms with Crippen LogP contribution in [0.15, 0.2) is 77.6 Å². The van der Waals surface area contributed by atoms with E-state index in [2.05, 4.69) is 5.32 Å². The quantitative estimate of drug-likeness (QED) is 0.373. The van der Waals surface area contributed by atoms with Crippen molar-refractivity contribution in [3.63, 3.8) is 0 Å². The lowest BCUT2D eigenvalue weighted by Crippen LogP contribution is -2.33. The van der Waals surface area contributed by atoms with E-state index in [0.29, 0.717) is 21.8 Å². The molecular formula is C26H24N2O4. The van der Waals surface area contributed by atoms with Crippen LogP contribution in [0.3, 0.4) is 0 Å². The zero-order valence-electron chi connectivity index (χ0n) is 18.0. The summed E-state index contributed by atoms with van der Waals surface area (Å²) < 4.78 is 6.66. The number of carbonyl (C=O) groups is 2. The van der Waals surface area contributed by atoms with Gasteiger partial charge in [0.15, 0.2) is 5.43 Å². The topological polar surface area (TPSA) is 77.4 Å². The van der Waals surface area contributed by atoms with Gasteiger partial charge in [0.25, 0.3) is 0 Å². The van der Waals surface area contributed by atoms with Crippen molar-refractivity contribution in [1.82, 2.24) is 9.88 Å². The number of benzene rings is 3. The van der Waals surface area contributed by atoms with Gasteiger partial charge in [-0.15, -0.1) is 0 Å². The van der Waals surface area contributed by atoms with Crippen molar-refractivity contribution >= 4 is 33.7 Å². The highest BCUT2D eigenvalue weighted by Crippen LogP contribution is 2.21. The van der Waals surface area contributed by atoms with Crippen molar-refractivity contribution in [2.24, 2.45) is 0 Å². The summed E-state index contributed by atoms with van der Waals surface area (Å²) in [5.74, 6) is -0.673. The normalized spacial score (nSPS) is 11.9. The van der Waals surface area contributed by atoms with Crippen molar-refractivity contribution in [3.05, 3.63) is 94.1 Å². The molecule has 6 heteroatoms. The molecule has 32 heavy (non-hydrogen) atoms. The Labute approximate surface area is 185 Å². The van der Waals surface area contributed by atoms with Gasteiger partial charge in [-0.05, 0) is 36.8 Å². The van der Waals surface area contributed by atoms with Gasteiger partial charge in [-0.1, -0.05) is 54.1 Å². The average molecular weight is 428 g/mol. The first-order chi connectivity index (χ1) is 15.5. The highest BCUT2D eigenvalue weighted by atomic mass is 16.5. The van der Waals surface area contributed by atoms with E-state index in [1.165, 1.54) is 7.11 Å². The number of fused-ring (bicyclic) bond motifs is 2. The largest absolute Gasteiger partial charge is 0.469 e. The second-order valence-electron chi connectivity index (χ2n) is 7.76. The molecule has 1 amide bonds. The molecule has 0 bridgehead atoms. The fraction of sp³-hybridized carbons (Fsp3) is 0.192. The Balaban J connectivity index is 1.70. The summed E-state index contributed by atoms with van der Waals surface area (Å²) in [6.45, 7) is 1.98. The standard InChI is InChI=1S/C26H24N2O4/c1-17-11-13-18(14-12-17)21(15-25(30)32-2)27-24(29)16-28-22-9-5-3-7-19(22)26(31)20-8-4-6-10-23(20)28/h3-14,21H,15-16H2,1-2H3,(H,27,29)/t21-/m1/s1. The number of hydrogen-bond donors (Lipinski definition) is 1. The van der Waals surface area contributed by atoms with Gasteiger partial charge in [0.05, 0.1) is 30.6 Å². The fourth-order valence-corrected chi connectivity index (χ4v) is 3.93.